The lowest BCUT2D eigenvalue weighted by Crippen LogP contribution is -2.50. The second-order valence-electron chi connectivity index (χ2n) is 3.15. The summed E-state index contributed by atoms with van der Waals surface area (Å²) in [6.45, 7) is 4.04. The van der Waals surface area contributed by atoms with E-state index in [0.717, 1.165) is 0 Å². The standard InChI is InChI=1S/C9H16O5/c1-4-8(10)14-9(11-3)6-12-7(2)5-13-9/h7H,4-6H2,1-3H3. The SMILES string of the molecule is CCC(=O)OC1(OC)COC(C)CO1. The van der Waals surface area contributed by atoms with Crippen LogP contribution in [0.5, 0.6) is 0 Å². The summed E-state index contributed by atoms with van der Waals surface area (Å²) in [5.74, 6) is -1.72. The van der Waals surface area contributed by atoms with Crippen LogP contribution < -0.4 is 0 Å². The predicted molar refractivity (Wildman–Crippen MR) is 47.5 cm³/mol. The molecular formula is C9H16O5. The van der Waals surface area contributed by atoms with Crippen molar-refractivity contribution in [2.24, 2.45) is 0 Å². The van der Waals surface area contributed by atoms with Crippen molar-refractivity contribution in [2.45, 2.75) is 32.3 Å². The third-order valence-electron chi connectivity index (χ3n) is 1.95. The quantitative estimate of drug-likeness (QED) is 0.499. The van der Waals surface area contributed by atoms with Crippen molar-refractivity contribution < 1.29 is 23.7 Å². The third-order valence-corrected chi connectivity index (χ3v) is 1.95. The maximum atomic E-state index is 11.1. The van der Waals surface area contributed by atoms with Crippen LogP contribution in [0.2, 0.25) is 0 Å². The molecule has 0 spiro atoms. The zero-order valence-electron chi connectivity index (χ0n) is 8.74. The molecule has 1 fully saturated rings. The van der Waals surface area contributed by atoms with Crippen LogP contribution in [0.4, 0.5) is 0 Å². The fourth-order valence-electron chi connectivity index (χ4n) is 1.04. The van der Waals surface area contributed by atoms with E-state index in [9.17, 15) is 4.79 Å². The molecule has 0 radical (unpaired) electrons. The van der Waals surface area contributed by atoms with Gasteiger partial charge in [0, 0.05) is 13.5 Å². The average Bonchev–Trinajstić information content (AvgIpc) is 2.22. The van der Waals surface area contributed by atoms with E-state index < -0.39 is 5.97 Å². The summed E-state index contributed by atoms with van der Waals surface area (Å²) in [6.07, 6.45) is 0.280. The molecule has 0 amide bonds. The Bertz CT molecular complexity index is 195. The van der Waals surface area contributed by atoms with Crippen LogP contribution in [-0.4, -0.2) is 38.4 Å². The highest BCUT2D eigenvalue weighted by molar-refractivity contribution is 5.69. The first-order chi connectivity index (χ1) is 6.62. The first-order valence-corrected chi connectivity index (χ1v) is 4.64. The van der Waals surface area contributed by atoms with Crippen LogP contribution in [0.3, 0.4) is 0 Å². The lowest BCUT2D eigenvalue weighted by atomic mass is 10.4. The van der Waals surface area contributed by atoms with E-state index in [1.165, 1.54) is 7.11 Å². The van der Waals surface area contributed by atoms with Gasteiger partial charge in [-0.1, -0.05) is 6.92 Å². The largest absolute Gasteiger partial charge is 0.406 e. The molecular weight excluding hydrogens is 188 g/mol. The van der Waals surface area contributed by atoms with Crippen molar-refractivity contribution in [3.05, 3.63) is 0 Å². The molecule has 0 saturated carbocycles. The van der Waals surface area contributed by atoms with E-state index in [4.69, 9.17) is 18.9 Å². The Balaban J connectivity index is 2.54. The highest BCUT2D eigenvalue weighted by atomic mass is 16.9. The highest BCUT2D eigenvalue weighted by Gasteiger charge is 2.40. The normalized spacial score (nSPS) is 32.6. The van der Waals surface area contributed by atoms with Crippen molar-refractivity contribution in [3.63, 3.8) is 0 Å². The molecule has 0 N–H and O–H groups in total. The van der Waals surface area contributed by atoms with Crippen molar-refractivity contribution in [1.29, 1.82) is 0 Å². The van der Waals surface area contributed by atoms with Crippen molar-refractivity contribution >= 4 is 5.97 Å². The lowest BCUT2D eigenvalue weighted by molar-refractivity contribution is -0.398. The van der Waals surface area contributed by atoms with E-state index in [0.29, 0.717) is 6.61 Å². The Morgan fingerprint density at radius 1 is 1.64 bits per heavy atom. The first kappa shape index (κ1) is 11.4. The van der Waals surface area contributed by atoms with Crippen LogP contribution in [-0.2, 0) is 23.7 Å². The molecule has 0 bridgehead atoms. The molecule has 0 aromatic heterocycles. The highest BCUT2D eigenvalue weighted by Crippen LogP contribution is 2.21. The Morgan fingerprint density at radius 2 is 2.36 bits per heavy atom. The van der Waals surface area contributed by atoms with Gasteiger partial charge in [0.25, 0.3) is 0 Å². The lowest BCUT2D eigenvalue weighted by Gasteiger charge is -2.36. The van der Waals surface area contributed by atoms with Gasteiger partial charge in [0.1, 0.15) is 6.61 Å². The van der Waals surface area contributed by atoms with Gasteiger partial charge in [0.2, 0.25) is 0 Å². The molecule has 1 heterocycles. The summed E-state index contributed by atoms with van der Waals surface area (Å²) in [6, 6.07) is 0. The van der Waals surface area contributed by atoms with E-state index >= 15 is 0 Å². The summed E-state index contributed by atoms with van der Waals surface area (Å²) in [4.78, 5) is 11.1. The monoisotopic (exact) mass is 204 g/mol. The average molecular weight is 204 g/mol. The van der Waals surface area contributed by atoms with Crippen LogP contribution >= 0.6 is 0 Å². The smallest absolute Gasteiger partial charge is 0.353 e. The van der Waals surface area contributed by atoms with Crippen LogP contribution in [0.1, 0.15) is 20.3 Å². The molecule has 1 rings (SSSR count). The Morgan fingerprint density at radius 3 is 2.79 bits per heavy atom. The van der Waals surface area contributed by atoms with Gasteiger partial charge in [0.05, 0.1) is 12.7 Å². The summed E-state index contributed by atoms with van der Waals surface area (Å²) in [7, 11) is 1.42. The van der Waals surface area contributed by atoms with Gasteiger partial charge < -0.3 is 18.9 Å². The molecule has 82 valence electrons. The Hall–Kier alpha value is -0.650. The van der Waals surface area contributed by atoms with Gasteiger partial charge >= 0.3 is 11.9 Å². The van der Waals surface area contributed by atoms with E-state index in [-0.39, 0.29) is 25.1 Å². The molecule has 1 aliphatic heterocycles. The minimum Gasteiger partial charge on any atom is -0.406 e. The molecule has 5 heteroatoms. The number of carbonyl (C=O) groups excluding carboxylic acids is 1. The number of hydrogen-bond donors (Lipinski definition) is 0. The Labute approximate surface area is 83.3 Å². The van der Waals surface area contributed by atoms with Gasteiger partial charge in [-0.25, -0.2) is 0 Å². The molecule has 2 atom stereocenters. The topological polar surface area (TPSA) is 54.0 Å². The minimum absolute atomic E-state index is 0.00129. The summed E-state index contributed by atoms with van der Waals surface area (Å²) in [5, 5.41) is 0. The summed E-state index contributed by atoms with van der Waals surface area (Å²) in [5.41, 5.74) is 0. The van der Waals surface area contributed by atoms with Crippen molar-refractivity contribution in [2.75, 3.05) is 20.3 Å². The second-order valence-corrected chi connectivity index (χ2v) is 3.15. The second kappa shape index (κ2) is 4.72. The summed E-state index contributed by atoms with van der Waals surface area (Å²) < 4.78 is 20.6. The number of rotatable bonds is 3. The molecule has 1 aliphatic rings. The van der Waals surface area contributed by atoms with Crippen molar-refractivity contribution in [1.82, 2.24) is 0 Å². The van der Waals surface area contributed by atoms with Crippen LogP contribution in [0.15, 0.2) is 0 Å². The van der Waals surface area contributed by atoms with Crippen molar-refractivity contribution in [3.8, 4) is 0 Å². The maximum Gasteiger partial charge on any atom is 0.353 e. The first-order valence-electron chi connectivity index (χ1n) is 4.64. The molecule has 0 aliphatic carbocycles. The molecule has 1 saturated heterocycles. The van der Waals surface area contributed by atoms with Gasteiger partial charge in [-0.3, -0.25) is 4.79 Å². The number of ether oxygens (including phenoxy) is 4. The zero-order valence-corrected chi connectivity index (χ0v) is 8.74. The van der Waals surface area contributed by atoms with Crippen LogP contribution in [0.25, 0.3) is 0 Å². The summed E-state index contributed by atoms with van der Waals surface area (Å²) >= 11 is 0. The molecule has 2 unspecified atom stereocenters. The van der Waals surface area contributed by atoms with E-state index in [1.807, 2.05) is 6.92 Å². The zero-order chi connectivity index (χ0) is 10.6. The number of carbonyl (C=O) groups is 1. The van der Waals surface area contributed by atoms with E-state index in [1.54, 1.807) is 6.92 Å². The fraction of sp³-hybridized carbons (Fsp3) is 0.889. The Kier molecular flexibility index (Phi) is 3.86. The fourth-order valence-corrected chi connectivity index (χ4v) is 1.04. The number of esters is 1. The van der Waals surface area contributed by atoms with Gasteiger partial charge in [-0.05, 0) is 6.92 Å². The number of methoxy groups -OCH3 is 1. The van der Waals surface area contributed by atoms with Gasteiger partial charge in [-0.15, -0.1) is 0 Å². The van der Waals surface area contributed by atoms with E-state index in [2.05, 4.69) is 0 Å². The maximum absolute atomic E-state index is 11.1. The van der Waals surface area contributed by atoms with Crippen LogP contribution in [0, 0.1) is 0 Å². The molecule has 0 aromatic carbocycles. The minimum atomic E-state index is -1.35. The molecule has 0 aromatic rings. The molecule has 5 nitrogen and oxygen atoms in total. The van der Waals surface area contributed by atoms with Gasteiger partial charge in [-0.2, -0.15) is 0 Å². The number of hydrogen-bond acceptors (Lipinski definition) is 5. The predicted octanol–water partition coefficient (Wildman–Crippen LogP) is 0.675. The third kappa shape index (κ3) is 2.67. The van der Waals surface area contributed by atoms with Gasteiger partial charge in [0.15, 0.2) is 0 Å². The molecule has 14 heavy (non-hydrogen) atoms.